The summed E-state index contributed by atoms with van der Waals surface area (Å²) in [5, 5.41) is 15.2. The Morgan fingerprint density at radius 2 is 1.44 bits per heavy atom. The van der Waals surface area contributed by atoms with Gasteiger partial charge in [-0.2, -0.15) is 0 Å². The van der Waals surface area contributed by atoms with Gasteiger partial charge in [0.25, 0.3) is 0 Å². The molecule has 4 rings (SSSR count). The second-order valence-corrected chi connectivity index (χ2v) is 6.40. The molecule has 122 valence electrons. The minimum atomic E-state index is 0.572. The Kier molecular flexibility index (Phi) is 4.26. The van der Waals surface area contributed by atoms with Crippen molar-refractivity contribution in [2.75, 3.05) is 5.32 Å². The van der Waals surface area contributed by atoms with Gasteiger partial charge in [0.1, 0.15) is 5.69 Å². The minimum Gasteiger partial charge on any atom is -0.337 e. The molecule has 0 saturated carbocycles. The van der Waals surface area contributed by atoms with E-state index in [1.807, 2.05) is 54.6 Å². The summed E-state index contributed by atoms with van der Waals surface area (Å²) in [6.45, 7) is 0. The fraction of sp³-hybridized carbons (Fsp3) is 0. The smallest absolute Gasteiger partial charge is 0.161 e. The lowest BCUT2D eigenvalue weighted by molar-refractivity contribution is 1.06. The minimum absolute atomic E-state index is 0.572. The van der Waals surface area contributed by atoms with Crippen LogP contribution in [0.3, 0.4) is 0 Å². The van der Waals surface area contributed by atoms with Crippen LogP contribution in [0.5, 0.6) is 0 Å². The molecule has 0 fully saturated rings. The van der Waals surface area contributed by atoms with Gasteiger partial charge >= 0.3 is 0 Å². The molecule has 0 aliphatic heterocycles. The summed E-state index contributed by atoms with van der Waals surface area (Å²) in [5.41, 5.74) is 2.57. The van der Waals surface area contributed by atoms with Gasteiger partial charge in [-0.05, 0) is 18.2 Å². The predicted octanol–water partition coefficient (Wildman–Crippen LogP) is 6.35. The first-order valence-electron chi connectivity index (χ1n) is 7.75. The molecule has 0 bridgehead atoms. The average molecular weight is 366 g/mol. The van der Waals surface area contributed by atoms with Gasteiger partial charge in [-0.3, -0.25) is 0 Å². The second-order valence-electron chi connectivity index (χ2n) is 5.56. The van der Waals surface area contributed by atoms with Crippen LogP contribution in [0.15, 0.2) is 72.8 Å². The fourth-order valence-corrected chi connectivity index (χ4v) is 3.06. The van der Waals surface area contributed by atoms with Crippen molar-refractivity contribution in [3.05, 3.63) is 82.8 Å². The topological polar surface area (TPSA) is 37.8 Å². The Hall–Kier alpha value is -2.62. The zero-order chi connectivity index (χ0) is 17.2. The lowest BCUT2D eigenvalue weighted by Gasteiger charge is -2.12. The summed E-state index contributed by atoms with van der Waals surface area (Å²) in [6, 6.07) is 23.3. The molecule has 1 heterocycles. The Morgan fingerprint density at radius 3 is 2.24 bits per heavy atom. The quantitative estimate of drug-likeness (QED) is 0.459. The molecule has 0 radical (unpaired) electrons. The number of benzene rings is 3. The summed E-state index contributed by atoms with van der Waals surface area (Å²) >= 11 is 12.3. The van der Waals surface area contributed by atoms with Gasteiger partial charge < -0.3 is 5.32 Å². The zero-order valence-corrected chi connectivity index (χ0v) is 14.6. The number of aromatic nitrogens is 2. The van der Waals surface area contributed by atoms with Crippen molar-refractivity contribution in [3.63, 3.8) is 0 Å². The third kappa shape index (κ3) is 3.16. The van der Waals surface area contributed by atoms with Crippen molar-refractivity contribution in [1.82, 2.24) is 10.2 Å². The Labute approximate surface area is 155 Å². The molecule has 5 heteroatoms. The van der Waals surface area contributed by atoms with Crippen LogP contribution >= 0.6 is 23.2 Å². The summed E-state index contributed by atoms with van der Waals surface area (Å²) in [4.78, 5) is 0. The number of nitrogens with zero attached hydrogens (tertiary/aromatic N) is 2. The number of nitrogens with one attached hydrogen (secondary N) is 1. The first-order chi connectivity index (χ1) is 12.2. The van der Waals surface area contributed by atoms with E-state index in [0.29, 0.717) is 21.6 Å². The number of fused-ring (bicyclic) bond motifs is 1. The molecule has 3 aromatic carbocycles. The van der Waals surface area contributed by atoms with Crippen molar-refractivity contribution < 1.29 is 0 Å². The molecule has 25 heavy (non-hydrogen) atoms. The maximum absolute atomic E-state index is 6.26. The van der Waals surface area contributed by atoms with Gasteiger partial charge in [0.05, 0.1) is 10.7 Å². The molecule has 0 unspecified atom stereocenters. The largest absolute Gasteiger partial charge is 0.337 e. The summed E-state index contributed by atoms with van der Waals surface area (Å²) in [6.07, 6.45) is 0. The van der Waals surface area contributed by atoms with Gasteiger partial charge in [-0.25, -0.2) is 0 Å². The van der Waals surface area contributed by atoms with Crippen LogP contribution in [0, 0.1) is 0 Å². The van der Waals surface area contributed by atoms with Crippen LogP contribution in [-0.4, -0.2) is 10.2 Å². The van der Waals surface area contributed by atoms with Crippen LogP contribution < -0.4 is 5.32 Å². The lowest BCUT2D eigenvalue weighted by atomic mass is 10.0. The van der Waals surface area contributed by atoms with Crippen molar-refractivity contribution >= 4 is 45.5 Å². The van der Waals surface area contributed by atoms with Crippen LogP contribution in [0.1, 0.15) is 0 Å². The van der Waals surface area contributed by atoms with E-state index in [1.54, 1.807) is 18.2 Å². The van der Waals surface area contributed by atoms with Gasteiger partial charge in [-0.15, -0.1) is 10.2 Å². The first kappa shape index (κ1) is 15.9. The monoisotopic (exact) mass is 365 g/mol. The van der Waals surface area contributed by atoms with Gasteiger partial charge in [0.2, 0.25) is 0 Å². The predicted molar refractivity (Wildman–Crippen MR) is 105 cm³/mol. The van der Waals surface area contributed by atoms with Gasteiger partial charge in [0.15, 0.2) is 5.82 Å². The standard InChI is InChI=1S/C20H13Cl2N3/c21-14-10-11-17(22)18(12-14)23-20-16-9-5-4-8-15(16)19(24-25-20)13-6-2-1-3-7-13/h1-12H,(H,23,25). The molecule has 0 saturated heterocycles. The van der Waals surface area contributed by atoms with Crippen molar-refractivity contribution in [2.24, 2.45) is 0 Å². The molecule has 1 N–H and O–H groups in total. The summed E-state index contributed by atoms with van der Waals surface area (Å²) in [7, 11) is 0. The summed E-state index contributed by atoms with van der Waals surface area (Å²) < 4.78 is 0. The molecule has 0 atom stereocenters. The molecule has 1 aromatic heterocycles. The average Bonchev–Trinajstić information content (AvgIpc) is 2.66. The highest BCUT2D eigenvalue weighted by Gasteiger charge is 2.12. The molecular weight excluding hydrogens is 353 g/mol. The number of halogens is 2. The molecular formula is C20H13Cl2N3. The van der Waals surface area contributed by atoms with E-state index in [4.69, 9.17) is 23.2 Å². The number of rotatable bonds is 3. The van der Waals surface area contributed by atoms with E-state index >= 15 is 0 Å². The molecule has 0 aliphatic carbocycles. The van der Waals surface area contributed by atoms with Crippen molar-refractivity contribution in [2.45, 2.75) is 0 Å². The van der Waals surface area contributed by atoms with Crippen LogP contribution in [0.25, 0.3) is 22.0 Å². The third-order valence-electron chi connectivity index (χ3n) is 3.92. The highest BCUT2D eigenvalue weighted by Crippen LogP contribution is 2.33. The Bertz CT molecular complexity index is 1050. The molecule has 0 amide bonds. The maximum Gasteiger partial charge on any atom is 0.161 e. The molecule has 0 aliphatic rings. The summed E-state index contributed by atoms with van der Waals surface area (Å²) in [5.74, 6) is 0.638. The van der Waals surface area contributed by atoms with E-state index in [0.717, 1.165) is 22.0 Å². The lowest BCUT2D eigenvalue weighted by Crippen LogP contribution is -1.99. The van der Waals surface area contributed by atoms with E-state index in [1.165, 1.54) is 0 Å². The molecule has 4 aromatic rings. The molecule has 0 spiro atoms. The maximum atomic E-state index is 6.26. The third-order valence-corrected chi connectivity index (χ3v) is 4.48. The number of hydrogen-bond donors (Lipinski definition) is 1. The second kappa shape index (κ2) is 6.71. The Morgan fingerprint density at radius 1 is 0.720 bits per heavy atom. The van der Waals surface area contributed by atoms with E-state index in [-0.39, 0.29) is 0 Å². The van der Waals surface area contributed by atoms with Gasteiger partial charge in [-0.1, -0.05) is 77.8 Å². The molecule has 3 nitrogen and oxygen atoms in total. The number of hydrogen-bond acceptors (Lipinski definition) is 3. The zero-order valence-electron chi connectivity index (χ0n) is 13.1. The van der Waals surface area contributed by atoms with E-state index < -0.39 is 0 Å². The van der Waals surface area contributed by atoms with Crippen LogP contribution in [-0.2, 0) is 0 Å². The van der Waals surface area contributed by atoms with E-state index in [9.17, 15) is 0 Å². The first-order valence-corrected chi connectivity index (χ1v) is 8.51. The highest BCUT2D eigenvalue weighted by molar-refractivity contribution is 6.35. The van der Waals surface area contributed by atoms with Crippen LogP contribution in [0.2, 0.25) is 10.0 Å². The van der Waals surface area contributed by atoms with E-state index in [2.05, 4.69) is 15.5 Å². The fourth-order valence-electron chi connectivity index (χ4n) is 2.73. The van der Waals surface area contributed by atoms with Crippen molar-refractivity contribution in [3.8, 4) is 11.3 Å². The Balaban J connectivity index is 1.85. The normalized spacial score (nSPS) is 10.8. The SMILES string of the molecule is Clc1ccc(Cl)c(Nc2nnc(-c3ccccc3)c3ccccc23)c1. The highest BCUT2D eigenvalue weighted by atomic mass is 35.5. The van der Waals surface area contributed by atoms with Gasteiger partial charge in [0, 0.05) is 21.4 Å². The number of anilines is 2. The van der Waals surface area contributed by atoms with Crippen molar-refractivity contribution in [1.29, 1.82) is 0 Å². The van der Waals surface area contributed by atoms with Crippen LogP contribution in [0.4, 0.5) is 11.5 Å².